The molecule has 0 aliphatic rings. The van der Waals surface area contributed by atoms with Gasteiger partial charge in [-0.15, -0.1) is 0 Å². The number of hydrogen-bond donors (Lipinski definition) is 0. The summed E-state index contributed by atoms with van der Waals surface area (Å²) in [5, 5.41) is 4.54. The number of ether oxygens (including phenoxy) is 1. The highest BCUT2D eigenvalue weighted by Gasteiger charge is 2.14. The van der Waals surface area contributed by atoms with Crippen molar-refractivity contribution < 1.29 is 9.53 Å². The molecule has 0 aliphatic carbocycles. The van der Waals surface area contributed by atoms with Crippen molar-refractivity contribution in [3.05, 3.63) is 51.7 Å². The maximum atomic E-state index is 11.8. The van der Waals surface area contributed by atoms with Crippen LogP contribution in [-0.2, 0) is 16.6 Å². The third-order valence-corrected chi connectivity index (χ3v) is 3.33. The minimum Gasteiger partial charge on any atom is -0.462 e. The van der Waals surface area contributed by atoms with Gasteiger partial charge in [-0.05, 0) is 37.1 Å². The first-order chi connectivity index (χ1) is 10.1. The third kappa shape index (κ3) is 2.75. The van der Waals surface area contributed by atoms with Gasteiger partial charge in [-0.2, -0.15) is 0 Å². The summed E-state index contributed by atoms with van der Waals surface area (Å²) in [7, 11) is 1.90. The minimum absolute atomic E-state index is 0.0478. The Hall–Kier alpha value is -2.72. The SMILES string of the molecule is CCOC(=O)/C(=C/c1c(C)c2ccccc2n1C)N=[N+]=[N-]. The van der Waals surface area contributed by atoms with Gasteiger partial charge in [0.2, 0.25) is 0 Å². The van der Waals surface area contributed by atoms with Crippen molar-refractivity contribution in [3.8, 4) is 0 Å². The molecule has 6 nitrogen and oxygen atoms in total. The van der Waals surface area contributed by atoms with Gasteiger partial charge in [0, 0.05) is 28.6 Å². The zero-order valence-electron chi connectivity index (χ0n) is 12.2. The lowest BCUT2D eigenvalue weighted by Gasteiger charge is -2.04. The van der Waals surface area contributed by atoms with E-state index >= 15 is 0 Å². The molecular weight excluding hydrogens is 268 g/mol. The Morgan fingerprint density at radius 2 is 2.19 bits per heavy atom. The van der Waals surface area contributed by atoms with Crippen molar-refractivity contribution in [1.29, 1.82) is 0 Å². The summed E-state index contributed by atoms with van der Waals surface area (Å²) in [6, 6.07) is 7.92. The molecule has 1 aromatic heterocycles. The van der Waals surface area contributed by atoms with Crippen molar-refractivity contribution in [2.75, 3.05) is 6.61 Å². The molecule has 0 spiro atoms. The molecule has 1 aromatic carbocycles. The lowest BCUT2D eigenvalue weighted by Crippen LogP contribution is -2.06. The van der Waals surface area contributed by atoms with Crippen LogP contribution in [-0.4, -0.2) is 17.1 Å². The number of carbonyl (C=O) groups is 1. The van der Waals surface area contributed by atoms with E-state index in [1.165, 1.54) is 0 Å². The Labute approximate surface area is 122 Å². The fourth-order valence-electron chi connectivity index (χ4n) is 2.32. The van der Waals surface area contributed by atoms with Crippen molar-refractivity contribution in [3.63, 3.8) is 0 Å². The van der Waals surface area contributed by atoms with Crippen LogP contribution in [0.25, 0.3) is 27.4 Å². The van der Waals surface area contributed by atoms with E-state index in [0.717, 1.165) is 22.2 Å². The van der Waals surface area contributed by atoms with Crippen molar-refractivity contribution >= 4 is 22.9 Å². The molecule has 108 valence electrons. The number of fused-ring (bicyclic) bond motifs is 1. The van der Waals surface area contributed by atoms with Crippen LogP contribution in [0.4, 0.5) is 0 Å². The lowest BCUT2D eigenvalue weighted by molar-refractivity contribution is -0.138. The van der Waals surface area contributed by atoms with E-state index in [2.05, 4.69) is 10.0 Å². The van der Waals surface area contributed by atoms with E-state index in [0.29, 0.717) is 0 Å². The number of hydrogen-bond acceptors (Lipinski definition) is 3. The molecule has 0 amide bonds. The number of aromatic nitrogens is 1. The zero-order valence-corrected chi connectivity index (χ0v) is 12.2. The van der Waals surface area contributed by atoms with Crippen molar-refractivity contribution in [1.82, 2.24) is 4.57 Å². The van der Waals surface area contributed by atoms with Gasteiger partial charge in [-0.1, -0.05) is 23.3 Å². The summed E-state index contributed by atoms with van der Waals surface area (Å²) in [6.07, 6.45) is 1.56. The Bertz CT molecular complexity index is 728. The predicted octanol–water partition coefficient (Wildman–Crippen LogP) is 3.70. The first-order valence-electron chi connectivity index (χ1n) is 6.58. The predicted molar refractivity (Wildman–Crippen MR) is 81.4 cm³/mol. The fourth-order valence-corrected chi connectivity index (χ4v) is 2.32. The molecule has 0 atom stereocenters. The number of azide groups is 1. The number of benzene rings is 1. The van der Waals surface area contributed by atoms with Crippen molar-refractivity contribution in [2.45, 2.75) is 13.8 Å². The van der Waals surface area contributed by atoms with E-state index in [1.807, 2.05) is 42.8 Å². The largest absolute Gasteiger partial charge is 0.462 e. The van der Waals surface area contributed by atoms with E-state index < -0.39 is 5.97 Å². The van der Waals surface area contributed by atoms with Crippen LogP contribution >= 0.6 is 0 Å². The van der Waals surface area contributed by atoms with Gasteiger partial charge in [-0.25, -0.2) is 4.79 Å². The molecule has 0 bridgehead atoms. The van der Waals surface area contributed by atoms with Crippen LogP contribution in [0.1, 0.15) is 18.2 Å². The lowest BCUT2D eigenvalue weighted by atomic mass is 10.1. The maximum Gasteiger partial charge on any atom is 0.340 e. The Morgan fingerprint density at radius 3 is 2.81 bits per heavy atom. The molecule has 21 heavy (non-hydrogen) atoms. The summed E-state index contributed by atoms with van der Waals surface area (Å²) in [4.78, 5) is 14.5. The quantitative estimate of drug-likeness (QED) is 0.282. The Morgan fingerprint density at radius 1 is 1.48 bits per heavy atom. The minimum atomic E-state index is -0.625. The molecule has 0 aliphatic heterocycles. The fraction of sp³-hybridized carbons (Fsp3) is 0.267. The van der Waals surface area contributed by atoms with Crippen LogP contribution in [0.2, 0.25) is 0 Å². The van der Waals surface area contributed by atoms with Gasteiger partial charge in [0.15, 0.2) is 0 Å². The molecule has 2 rings (SSSR count). The smallest absolute Gasteiger partial charge is 0.340 e. The average Bonchev–Trinajstić information content (AvgIpc) is 2.72. The third-order valence-electron chi connectivity index (χ3n) is 3.33. The molecule has 1 heterocycles. The summed E-state index contributed by atoms with van der Waals surface area (Å²) < 4.78 is 6.86. The molecular formula is C15H16N4O2. The topological polar surface area (TPSA) is 80.0 Å². The molecule has 0 fully saturated rings. The van der Waals surface area contributed by atoms with Gasteiger partial charge in [-0.3, -0.25) is 0 Å². The van der Waals surface area contributed by atoms with Crippen molar-refractivity contribution in [2.24, 2.45) is 12.2 Å². The highest BCUT2D eigenvalue weighted by molar-refractivity contribution is 5.95. The zero-order chi connectivity index (χ0) is 15.4. The van der Waals surface area contributed by atoms with Crippen LogP contribution in [0.3, 0.4) is 0 Å². The van der Waals surface area contributed by atoms with E-state index in [9.17, 15) is 4.79 Å². The maximum absolute atomic E-state index is 11.8. The summed E-state index contributed by atoms with van der Waals surface area (Å²) in [6.45, 7) is 3.89. The Kier molecular flexibility index (Phi) is 4.30. The number of carbonyl (C=O) groups excluding carboxylic acids is 1. The number of esters is 1. The molecule has 0 radical (unpaired) electrons. The number of rotatable bonds is 4. The average molecular weight is 284 g/mol. The molecule has 2 aromatic rings. The van der Waals surface area contributed by atoms with Gasteiger partial charge in [0.25, 0.3) is 0 Å². The van der Waals surface area contributed by atoms with E-state index in [-0.39, 0.29) is 12.3 Å². The first-order valence-corrected chi connectivity index (χ1v) is 6.58. The van der Waals surface area contributed by atoms with E-state index in [1.54, 1.807) is 13.0 Å². The second-order valence-electron chi connectivity index (χ2n) is 4.53. The summed E-state index contributed by atoms with van der Waals surface area (Å²) in [5.41, 5.74) is 11.4. The Balaban J connectivity index is 2.61. The summed E-state index contributed by atoms with van der Waals surface area (Å²) in [5.74, 6) is -0.625. The van der Waals surface area contributed by atoms with Gasteiger partial charge < -0.3 is 9.30 Å². The van der Waals surface area contributed by atoms with E-state index in [4.69, 9.17) is 10.3 Å². The van der Waals surface area contributed by atoms with Crippen LogP contribution in [0.5, 0.6) is 0 Å². The number of nitrogens with zero attached hydrogens (tertiary/aromatic N) is 4. The van der Waals surface area contributed by atoms with Crippen LogP contribution in [0.15, 0.2) is 35.1 Å². The molecule has 0 saturated carbocycles. The second kappa shape index (κ2) is 6.15. The molecule has 0 unspecified atom stereocenters. The number of para-hydroxylation sites is 1. The van der Waals surface area contributed by atoms with Gasteiger partial charge in [0.05, 0.1) is 6.61 Å². The molecule has 6 heteroatoms. The highest BCUT2D eigenvalue weighted by Crippen LogP contribution is 2.26. The van der Waals surface area contributed by atoms with Crippen LogP contribution in [0, 0.1) is 6.92 Å². The number of aryl methyl sites for hydroxylation is 2. The summed E-state index contributed by atoms with van der Waals surface area (Å²) >= 11 is 0. The van der Waals surface area contributed by atoms with Gasteiger partial charge in [0.1, 0.15) is 5.70 Å². The second-order valence-corrected chi connectivity index (χ2v) is 4.53. The van der Waals surface area contributed by atoms with Crippen LogP contribution < -0.4 is 0 Å². The standard InChI is InChI=1S/C15H16N4O2/c1-4-21-15(20)12(17-18-16)9-14-10(2)11-7-5-6-8-13(11)19(14)3/h5-9H,4H2,1-3H3/b12-9-. The monoisotopic (exact) mass is 284 g/mol. The van der Waals surface area contributed by atoms with Gasteiger partial charge >= 0.3 is 5.97 Å². The normalized spacial score (nSPS) is 11.3. The molecule has 0 saturated heterocycles. The molecule has 0 N–H and O–H groups in total. The first kappa shape index (κ1) is 14.7. The highest BCUT2D eigenvalue weighted by atomic mass is 16.5.